The Labute approximate surface area is 376 Å². The molecule has 0 bridgehead atoms. The largest absolute Gasteiger partial charge is 0.489 e. The number of hydrogen-bond acceptors (Lipinski definition) is 13. The van der Waals surface area contributed by atoms with Crippen molar-refractivity contribution in [3.05, 3.63) is 152 Å². The van der Waals surface area contributed by atoms with Crippen molar-refractivity contribution < 1.29 is 46.9 Å². The van der Waals surface area contributed by atoms with Crippen LogP contribution in [0.2, 0.25) is 0 Å². The molecule has 2 N–H and O–H groups in total. The zero-order chi connectivity index (χ0) is 45.8. The SMILES string of the molecule is CC(N)=NCCCCCC(=O)OC(COc1cccc2oc(C(=O)OCCCCc3ccccc3)cc(=O)c12)COc1cccc2oc(C(=O)OCCCCc3ccccc3)cc(=O)c12. The molecule has 2 heterocycles. The van der Waals surface area contributed by atoms with E-state index < -0.39 is 34.9 Å². The molecule has 14 nitrogen and oxygen atoms in total. The number of benzene rings is 4. The van der Waals surface area contributed by atoms with Crippen molar-refractivity contribution in [1.29, 1.82) is 0 Å². The average Bonchev–Trinajstić information content (AvgIpc) is 3.30. The predicted molar refractivity (Wildman–Crippen MR) is 246 cm³/mol. The van der Waals surface area contributed by atoms with E-state index in [9.17, 15) is 24.0 Å². The van der Waals surface area contributed by atoms with Crippen molar-refractivity contribution in [2.24, 2.45) is 10.7 Å². The molecule has 2 aromatic heterocycles. The second-order valence-electron chi connectivity index (χ2n) is 15.4. The van der Waals surface area contributed by atoms with Crippen molar-refractivity contribution in [2.45, 2.75) is 77.2 Å². The summed E-state index contributed by atoms with van der Waals surface area (Å²) < 4.78 is 40.4. The highest BCUT2D eigenvalue weighted by Crippen LogP contribution is 2.26. The molecular weight excluding hydrogens is 833 g/mol. The smallest absolute Gasteiger partial charge is 0.374 e. The standard InChI is InChI=1S/C51H54N2O12/c1-35(52)53-28-12-4-9-27-47(56)63-38(33-61-41-23-15-25-43-48(41)39(54)31-45(64-43)50(57)59-29-13-10-21-36-17-5-2-6-18-36)34-62-42-24-16-26-44-49(42)40(55)32-46(65-44)51(58)60-30-14-11-22-37-19-7-3-8-20-37/h2-3,5-8,15-20,23-26,31-32,38H,4,9-14,21-22,27-30,33-34H2,1H3,(H2,52,53). The van der Waals surface area contributed by atoms with Gasteiger partial charge in [-0.1, -0.05) is 79.2 Å². The Balaban J connectivity index is 1.09. The monoisotopic (exact) mass is 886 g/mol. The van der Waals surface area contributed by atoms with Gasteiger partial charge in [-0.25, -0.2) is 9.59 Å². The van der Waals surface area contributed by atoms with Crippen LogP contribution < -0.4 is 26.1 Å². The molecule has 14 heteroatoms. The molecule has 0 aliphatic rings. The summed E-state index contributed by atoms with van der Waals surface area (Å²) in [6, 6.07) is 31.5. The molecule has 4 aromatic carbocycles. The maximum atomic E-state index is 13.4. The lowest BCUT2D eigenvalue weighted by molar-refractivity contribution is -0.152. The first kappa shape index (κ1) is 47.3. The van der Waals surface area contributed by atoms with Gasteiger partial charge in [0.05, 0.1) is 19.0 Å². The van der Waals surface area contributed by atoms with Gasteiger partial charge in [0.1, 0.15) is 46.7 Å². The Morgan fingerprint density at radius 3 is 1.57 bits per heavy atom. The van der Waals surface area contributed by atoms with Crippen LogP contribution in [-0.2, 0) is 31.8 Å². The van der Waals surface area contributed by atoms with E-state index >= 15 is 0 Å². The number of carbonyl (C=O) groups excluding carboxylic acids is 3. The van der Waals surface area contributed by atoms with Crippen molar-refractivity contribution in [1.82, 2.24) is 0 Å². The molecule has 0 spiro atoms. The Kier molecular flexibility index (Phi) is 17.9. The second kappa shape index (κ2) is 24.6. The maximum Gasteiger partial charge on any atom is 0.374 e. The van der Waals surface area contributed by atoms with E-state index in [0.717, 1.165) is 44.2 Å². The normalized spacial score (nSPS) is 11.4. The number of ether oxygens (including phenoxy) is 5. The summed E-state index contributed by atoms with van der Waals surface area (Å²) in [7, 11) is 0. The van der Waals surface area contributed by atoms with Gasteiger partial charge < -0.3 is 38.3 Å². The van der Waals surface area contributed by atoms with E-state index in [2.05, 4.69) is 4.99 Å². The van der Waals surface area contributed by atoms with Crippen LogP contribution in [0.15, 0.2) is 133 Å². The van der Waals surface area contributed by atoms with Crippen LogP contribution in [0, 0.1) is 0 Å². The van der Waals surface area contributed by atoms with Gasteiger partial charge in [0.25, 0.3) is 0 Å². The third-order valence-corrected chi connectivity index (χ3v) is 10.3. The first-order chi connectivity index (χ1) is 31.6. The third kappa shape index (κ3) is 14.7. The highest BCUT2D eigenvalue weighted by molar-refractivity contribution is 5.91. The zero-order valence-corrected chi connectivity index (χ0v) is 36.5. The zero-order valence-electron chi connectivity index (χ0n) is 36.5. The first-order valence-electron chi connectivity index (χ1n) is 21.9. The quantitative estimate of drug-likeness (QED) is 0.0189. The molecule has 0 saturated heterocycles. The summed E-state index contributed by atoms with van der Waals surface area (Å²) in [5, 5.41) is 0.142. The number of aryl methyl sites for hydroxylation is 2. The fraction of sp³-hybridized carbons (Fsp3) is 0.333. The Bertz CT molecular complexity index is 2490. The van der Waals surface area contributed by atoms with Crippen molar-refractivity contribution in [3.8, 4) is 11.5 Å². The molecule has 0 radical (unpaired) electrons. The Hall–Kier alpha value is -7.22. The highest BCUT2D eigenvalue weighted by Gasteiger charge is 2.22. The van der Waals surface area contributed by atoms with Gasteiger partial charge in [0, 0.05) is 25.1 Å². The molecule has 340 valence electrons. The van der Waals surface area contributed by atoms with Gasteiger partial charge in [-0.15, -0.1) is 0 Å². The lowest BCUT2D eigenvalue weighted by atomic mass is 10.1. The Morgan fingerprint density at radius 2 is 1.09 bits per heavy atom. The topological polar surface area (TPSA) is 196 Å². The molecule has 0 amide bonds. The molecule has 65 heavy (non-hydrogen) atoms. The summed E-state index contributed by atoms with van der Waals surface area (Å²) in [4.78, 5) is 69.9. The molecule has 6 aromatic rings. The van der Waals surface area contributed by atoms with Crippen LogP contribution >= 0.6 is 0 Å². The number of nitrogens with zero attached hydrogens (tertiary/aromatic N) is 1. The number of esters is 3. The lowest BCUT2D eigenvalue weighted by Crippen LogP contribution is -2.31. The van der Waals surface area contributed by atoms with Crippen molar-refractivity contribution in [2.75, 3.05) is 33.0 Å². The van der Waals surface area contributed by atoms with Gasteiger partial charge in [0.15, 0.2) is 17.0 Å². The molecule has 0 aliphatic heterocycles. The molecule has 0 saturated carbocycles. The highest BCUT2D eigenvalue weighted by atomic mass is 16.6. The third-order valence-electron chi connectivity index (χ3n) is 10.3. The van der Waals surface area contributed by atoms with Crippen LogP contribution in [0.3, 0.4) is 0 Å². The summed E-state index contributed by atoms with van der Waals surface area (Å²) >= 11 is 0. The van der Waals surface area contributed by atoms with E-state index in [4.69, 9.17) is 38.3 Å². The van der Waals surface area contributed by atoms with Gasteiger partial charge in [0.2, 0.25) is 11.5 Å². The van der Waals surface area contributed by atoms with Gasteiger partial charge in [-0.3, -0.25) is 19.4 Å². The molecule has 0 unspecified atom stereocenters. The number of rotatable bonds is 25. The molecule has 0 fully saturated rings. The number of hydrogen-bond donors (Lipinski definition) is 1. The molecular formula is C51H54N2O12. The minimum absolute atomic E-state index is 0.0708. The van der Waals surface area contributed by atoms with E-state index in [-0.39, 0.29) is 77.8 Å². The van der Waals surface area contributed by atoms with Crippen LogP contribution in [-0.4, -0.2) is 62.8 Å². The van der Waals surface area contributed by atoms with E-state index in [1.165, 1.54) is 23.3 Å². The van der Waals surface area contributed by atoms with Crippen molar-refractivity contribution in [3.63, 3.8) is 0 Å². The number of carbonyl (C=O) groups is 3. The summed E-state index contributed by atoms with van der Waals surface area (Å²) in [6.07, 6.45) is 5.69. The van der Waals surface area contributed by atoms with Gasteiger partial charge in [-0.05, 0) is 93.7 Å². The fourth-order valence-corrected chi connectivity index (χ4v) is 6.96. The Morgan fingerprint density at radius 1 is 0.600 bits per heavy atom. The first-order valence-corrected chi connectivity index (χ1v) is 21.9. The second-order valence-corrected chi connectivity index (χ2v) is 15.4. The maximum absolute atomic E-state index is 13.4. The predicted octanol–water partition coefficient (Wildman–Crippen LogP) is 8.57. The average molecular weight is 887 g/mol. The number of unbranched alkanes of at least 4 members (excludes halogenated alkanes) is 4. The summed E-state index contributed by atoms with van der Waals surface area (Å²) in [5.41, 5.74) is 7.12. The number of amidine groups is 1. The van der Waals surface area contributed by atoms with Crippen molar-refractivity contribution >= 4 is 45.7 Å². The number of nitrogens with two attached hydrogens (primary N) is 1. The fourth-order valence-electron chi connectivity index (χ4n) is 6.96. The van der Waals surface area contributed by atoms with Crippen LogP contribution in [0.4, 0.5) is 0 Å². The van der Waals surface area contributed by atoms with E-state index in [1.807, 2.05) is 60.7 Å². The minimum Gasteiger partial charge on any atom is -0.489 e. The lowest BCUT2D eigenvalue weighted by Gasteiger charge is -2.20. The number of aliphatic imine (C=N–C) groups is 1. The molecule has 0 atom stereocenters. The minimum atomic E-state index is -1.02. The van der Waals surface area contributed by atoms with Gasteiger partial charge >= 0.3 is 17.9 Å². The number of fused-ring (bicyclic) bond motifs is 2. The van der Waals surface area contributed by atoms with Crippen LogP contribution in [0.5, 0.6) is 11.5 Å². The summed E-state index contributed by atoms with van der Waals surface area (Å²) in [5.74, 6) is -1.78. The van der Waals surface area contributed by atoms with Gasteiger partial charge in [-0.2, -0.15) is 0 Å². The molecule has 0 aliphatic carbocycles. The van der Waals surface area contributed by atoms with Crippen LogP contribution in [0.1, 0.15) is 90.5 Å². The van der Waals surface area contributed by atoms with E-state index in [0.29, 0.717) is 38.1 Å². The summed E-state index contributed by atoms with van der Waals surface area (Å²) in [6.45, 7) is 2.07. The van der Waals surface area contributed by atoms with Crippen LogP contribution in [0.25, 0.3) is 21.9 Å². The van der Waals surface area contributed by atoms with E-state index in [1.54, 1.807) is 31.2 Å². The molecule has 6 rings (SSSR count).